The number of amides is 1. The number of piperidine rings is 1. The Kier molecular flexibility index (Phi) is 8.35. The van der Waals surface area contributed by atoms with Crippen LogP contribution in [0.2, 0.25) is 0 Å². The molecule has 1 aromatic heterocycles. The number of aromatic nitrogens is 2. The molecule has 44 heavy (non-hydrogen) atoms. The molecule has 2 fully saturated rings. The molecule has 1 N–H and O–H groups in total. The first-order valence-electron chi connectivity index (χ1n) is 14.5. The van der Waals surface area contributed by atoms with Gasteiger partial charge in [0, 0.05) is 32.7 Å². The molecule has 1 aliphatic heterocycles. The van der Waals surface area contributed by atoms with Crippen LogP contribution in [0, 0.1) is 17.0 Å². The van der Waals surface area contributed by atoms with Crippen molar-refractivity contribution in [1.82, 2.24) is 18.8 Å². The topological polar surface area (TPSA) is 123 Å². The smallest absolute Gasteiger partial charge is 0.410 e. The molecular weight excluding hydrogens is 596 g/mol. The average Bonchev–Trinajstić information content (AvgIpc) is 2.94. The first kappa shape index (κ1) is 31.6. The Morgan fingerprint density at radius 1 is 1.16 bits per heavy atom. The predicted octanol–water partition coefficient (Wildman–Crippen LogP) is 5.43. The zero-order valence-electron chi connectivity index (χ0n) is 25.4. The molecule has 0 atom stereocenters. The Labute approximate surface area is 254 Å². The van der Waals surface area contributed by atoms with E-state index < -0.39 is 38.9 Å². The lowest BCUT2D eigenvalue weighted by atomic mass is 9.60. The van der Waals surface area contributed by atoms with Gasteiger partial charge < -0.3 is 14.4 Å². The van der Waals surface area contributed by atoms with Gasteiger partial charge in [-0.05, 0) is 82.2 Å². The minimum atomic E-state index is -4.07. The number of carbonyl (C=O) groups excluding carboxylic acids is 1. The highest BCUT2D eigenvalue weighted by Gasteiger charge is 2.47. The van der Waals surface area contributed by atoms with Gasteiger partial charge in [0.05, 0.1) is 22.9 Å². The molecule has 1 amide bonds. The third-order valence-corrected chi connectivity index (χ3v) is 9.88. The SMILES string of the molecule is CCN(C)S(=O)(=O)Nc1ccc(F)c(Oc2ccc3ncn(C4CC5(CCN(C(=O)OC(C)(C)C)CC5)C4)c(=O)c3c2)c1F. The fraction of sp³-hybridized carbons (Fsp3) is 0.500. The Hall–Kier alpha value is -3.78. The van der Waals surface area contributed by atoms with Gasteiger partial charge in [0.25, 0.3) is 5.56 Å². The highest BCUT2D eigenvalue weighted by atomic mass is 32.2. The zero-order chi connectivity index (χ0) is 32.0. The van der Waals surface area contributed by atoms with E-state index in [1.54, 1.807) is 16.4 Å². The van der Waals surface area contributed by atoms with Crippen LogP contribution in [0.15, 0.2) is 41.5 Å². The molecule has 1 saturated heterocycles. The number of carbonyl (C=O) groups is 1. The summed E-state index contributed by atoms with van der Waals surface area (Å²) in [5.41, 5.74) is -0.917. The Balaban J connectivity index is 1.31. The molecule has 2 aliphatic rings. The van der Waals surface area contributed by atoms with Crippen molar-refractivity contribution in [2.75, 3.05) is 31.4 Å². The van der Waals surface area contributed by atoms with Gasteiger partial charge in [-0.1, -0.05) is 6.92 Å². The number of rotatable bonds is 7. The summed E-state index contributed by atoms with van der Waals surface area (Å²) >= 11 is 0. The van der Waals surface area contributed by atoms with E-state index in [0.29, 0.717) is 18.6 Å². The van der Waals surface area contributed by atoms with E-state index in [1.165, 1.54) is 31.6 Å². The maximum absolute atomic E-state index is 15.2. The normalized spacial score (nSPS) is 17.1. The van der Waals surface area contributed by atoms with Gasteiger partial charge in [0.15, 0.2) is 11.6 Å². The molecule has 238 valence electrons. The van der Waals surface area contributed by atoms with E-state index in [4.69, 9.17) is 9.47 Å². The highest BCUT2D eigenvalue weighted by Crippen LogP contribution is 2.54. The van der Waals surface area contributed by atoms with Crippen molar-refractivity contribution in [2.45, 2.75) is 65.0 Å². The number of likely N-dealkylation sites (tertiary alicyclic amines) is 1. The quantitative estimate of drug-likeness (QED) is 0.368. The molecule has 11 nitrogen and oxygen atoms in total. The van der Waals surface area contributed by atoms with Crippen molar-refractivity contribution >= 4 is 32.9 Å². The van der Waals surface area contributed by atoms with Crippen molar-refractivity contribution in [3.05, 3.63) is 58.6 Å². The van der Waals surface area contributed by atoms with E-state index in [0.717, 1.165) is 42.1 Å². The predicted molar refractivity (Wildman–Crippen MR) is 161 cm³/mol. The van der Waals surface area contributed by atoms with Gasteiger partial charge in [-0.25, -0.2) is 18.6 Å². The Bertz CT molecular complexity index is 1740. The highest BCUT2D eigenvalue weighted by molar-refractivity contribution is 7.90. The first-order chi connectivity index (χ1) is 20.6. The summed E-state index contributed by atoms with van der Waals surface area (Å²) < 4.78 is 70.3. The summed E-state index contributed by atoms with van der Waals surface area (Å²) in [4.78, 5) is 32.1. The lowest BCUT2D eigenvalue weighted by Gasteiger charge is -2.52. The van der Waals surface area contributed by atoms with Gasteiger partial charge in [-0.2, -0.15) is 12.7 Å². The third kappa shape index (κ3) is 6.36. The summed E-state index contributed by atoms with van der Waals surface area (Å²) in [5.74, 6) is -3.11. The molecule has 5 rings (SSSR count). The van der Waals surface area contributed by atoms with Crippen LogP contribution in [-0.4, -0.2) is 65.6 Å². The molecule has 0 radical (unpaired) electrons. The summed E-state index contributed by atoms with van der Waals surface area (Å²) in [5, 5.41) is 0.216. The van der Waals surface area contributed by atoms with Crippen LogP contribution in [0.3, 0.4) is 0 Å². The van der Waals surface area contributed by atoms with E-state index >= 15 is 4.39 Å². The van der Waals surface area contributed by atoms with Gasteiger partial charge in [-0.15, -0.1) is 0 Å². The minimum Gasteiger partial charge on any atom is -0.451 e. The number of hydrogen-bond acceptors (Lipinski definition) is 7. The average molecular weight is 634 g/mol. The molecular formula is C30H37F2N5O6S. The number of anilines is 1. The lowest BCUT2D eigenvalue weighted by Crippen LogP contribution is -2.51. The molecule has 2 aromatic carbocycles. The van der Waals surface area contributed by atoms with Crippen LogP contribution in [0.4, 0.5) is 19.3 Å². The molecule has 1 aliphatic carbocycles. The second-order valence-corrected chi connectivity index (χ2v) is 14.3. The lowest BCUT2D eigenvalue weighted by molar-refractivity contribution is -0.0241. The fourth-order valence-electron chi connectivity index (χ4n) is 5.68. The second kappa shape index (κ2) is 11.6. The van der Waals surface area contributed by atoms with Crippen LogP contribution < -0.4 is 15.0 Å². The van der Waals surface area contributed by atoms with Crippen molar-refractivity contribution < 1.29 is 31.5 Å². The Morgan fingerprint density at radius 3 is 2.48 bits per heavy atom. The summed E-state index contributed by atoms with van der Waals surface area (Å²) in [6, 6.07) is 6.10. The molecule has 1 spiro atoms. The van der Waals surface area contributed by atoms with Crippen LogP contribution in [-0.2, 0) is 14.9 Å². The number of halogens is 2. The second-order valence-electron chi connectivity index (χ2n) is 12.5. The number of nitrogens with zero attached hydrogens (tertiary/aromatic N) is 4. The number of benzene rings is 2. The fourth-order valence-corrected chi connectivity index (χ4v) is 6.61. The summed E-state index contributed by atoms with van der Waals surface area (Å²) in [6.07, 6.45) is 4.37. The van der Waals surface area contributed by atoms with Crippen molar-refractivity contribution in [3.8, 4) is 11.5 Å². The maximum Gasteiger partial charge on any atom is 0.410 e. The van der Waals surface area contributed by atoms with E-state index in [1.807, 2.05) is 20.8 Å². The van der Waals surface area contributed by atoms with E-state index in [-0.39, 0.29) is 40.8 Å². The monoisotopic (exact) mass is 633 g/mol. The van der Waals surface area contributed by atoms with E-state index in [9.17, 15) is 22.4 Å². The van der Waals surface area contributed by atoms with Gasteiger partial charge >= 0.3 is 16.3 Å². The maximum atomic E-state index is 15.2. The summed E-state index contributed by atoms with van der Waals surface area (Å²) in [6.45, 7) is 8.45. The number of ether oxygens (including phenoxy) is 2. The van der Waals surface area contributed by atoms with Crippen LogP contribution in [0.5, 0.6) is 11.5 Å². The molecule has 14 heteroatoms. The van der Waals surface area contributed by atoms with Gasteiger partial charge in [-0.3, -0.25) is 14.1 Å². The first-order valence-corrected chi connectivity index (χ1v) is 15.9. The molecule has 0 unspecified atom stereocenters. The van der Waals surface area contributed by atoms with Crippen LogP contribution in [0.25, 0.3) is 10.9 Å². The zero-order valence-corrected chi connectivity index (χ0v) is 26.2. The molecule has 1 saturated carbocycles. The van der Waals surface area contributed by atoms with Crippen LogP contribution >= 0.6 is 0 Å². The number of fused-ring (bicyclic) bond motifs is 1. The molecule has 3 aromatic rings. The number of nitrogens with one attached hydrogen (secondary N) is 1. The summed E-state index contributed by atoms with van der Waals surface area (Å²) in [7, 11) is -2.75. The standard InChI is InChI=1S/C30H37F2N5O6S/c1-6-35(5)44(40,41)34-24-10-8-22(31)26(25(24)32)42-20-7-9-23-21(15-20)27(38)37(18-33-23)19-16-30(17-19)11-13-36(14-12-30)28(39)43-29(2,3)4/h7-10,15,18-19,34H,6,11-14,16-17H2,1-5H3. The van der Waals surface area contributed by atoms with E-state index in [2.05, 4.69) is 9.71 Å². The third-order valence-electron chi connectivity index (χ3n) is 8.32. The van der Waals surface area contributed by atoms with Crippen molar-refractivity contribution in [3.63, 3.8) is 0 Å². The van der Waals surface area contributed by atoms with Crippen LogP contribution in [0.1, 0.15) is 59.4 Å². The Morgan fingerprint density at radius 2 is 1.84 bits per heavy atom. The molecule has 0 bridgehead atoms. The van der Waals surface area contributed by atoms with Crippen molar-refractivity contribution in [2.24, 2.45) is 5.41 Å². The molecule has 2 heterocycles. The van der Waals surface area contributed by atoms with Gasteiger partial charge in [0.2, 0.25) is 5.75 Å². The number of hydrogen-bond donors (Lipinski definition) is 1. The minimum absolute atomic E-state index is 0.0165. The van der Waals surface area contributed by atoms with Gasteiger partial charge in [0.1, 0.15) is 11.4 Å². The largest absolute Gasteiger partial charge is 0.451 e. The van der Waals surface area contributed by atoms with Crippen molar-refractivity contribution in [1.29, 1.82) is 0 Å².